The standard InChI is InChI=1S/C20H18F3N3O2S/c1-13-2-8-17(29-13)16(27)7-9-19(28)24-12-14-3-5-15(6-4-14)26-11-10-18(25-26)20(21,22)23/h2-6,8,10-11H,7,9,12H2,1H3,(H,24,28). The first-order valence-electron chi connectivity index (χ1n) is 8.81. The van der Waals surface area contributed by atoms with E-state index in [0.29, 0.717) is 10.6 Å². The number of hydrogen-bond donors (Lipinski definition) is 1. The van der Waals surface area contributed by atoms with E-state index in [1.165, 1.54) is 17.5 Å². The number of thiophene rings is 1. The Bertz CT molecular complexity index is 1010. The van der Waals surface area contributed by atoms with Crippen LogP contribution in [-0.4, -0.2) is 21.5 Å². The van der Waals surface area contributed by atoms with Gasteiger partial charge in [-0.3, -0.25) is 9.59 Å². The van der Waals surface area contributed by atoms with Crippen LogP contribution in [0, 0.1) is 6.92 Å². The second-order valence-corrected chi connectivity index (χ2v) is 7.71. The summed E-state index contributed by atoms with van der Waals surface area (Å²) in [6.07, 6.45) is -3.00. The van der Waals surface area contributed by atoms with Crippen molar-refractivity contribution in [3.05, 3.63) is 69.7 Å². The topological polar surface area (TPSA) is 64.0 Å². The zero-order valence-electron chi connectivity index (χ0n) is 15.5. The first-order valence-corrected chi connectivity index (χ1v) is 9.62. The first kappa shape index (κ1) is 20.8. The number of nitrogens with one attached hydrogen (secondary N) is 1. The van der Waals surface area contributed by atoms with Crippen molar-refractivity contribution >= 4 is 23.0 Å². The molecule has 0 bridgehead atoms. The van der Waals surface area contributed by atoms with E-state index in [1.807, 2.05) is 13.0 Å². The van der Waals surface area contributed by atoms with Crippen LogP contribution < -0.4 is 5.32 Å². The van der Waals surface area contributed by atoms with E-state index in [2.05, 4.69) is 10.4 Å². The Kier molecular flexibility index (Phi) is 6.17. The van der Waals surface area contributed by atoms with Crippen molar-refractivity contribution in [3.63, 3.8) is 0 Å². The largest absolute Gasteiger partial charge is 0.435 e. The number of rotatable bonds is 7. The van der Waals surface area contributed by atoms with Gasteiger partial charge in [-0.15, -0.1) is 11.3 Å². The third-order valence-corrected chi connectivity index (χ3v) is 5.21. The van der Waals surface area contributed by atoms with Crippen molar-refractivity contribution in [2.75, 3.05) is 0 Å². The number of carbonyl (C=O) groups excluding carboxylic acids is 2. The lowest BCUT2D eigenvalue weighted by Crippen LogP contribution is -2.23. The monoisotopic (exact) mass is 421 g/mol. The Labute approximate surface area is 169 Å². The van der Waals surface area contributed by atoms with Gasteiger partial charge >= 0.3 is 6.18 Å². The number of nitrogens with zero attached hydrogens (tertiary/aromatic N) is 2. The zero-order chi connectivity index (χ0) is 21.0. The summed E-state index contributed by atoms with van der Waals surface area (Å²) in [5.41, 5.74) is 0.305. The maximum absolute atomic E-state index is 12.6. The summed E-state index contributed by atoms with van der Waals surface area (Å²) in [5, 5.41) is 6.25. The number of amides is 1. The summed E-state index contributed by atoms with van der Waals surface area (Å²) in [7, 11) is 0. The van der Waals surface area contributed by atoms with Gasteiger partial charge in [0, 0.05) is 30.5 Å². The molecule has 0 spiro atoms. The minimum Gasteiger partial charge on any atom is -0.352 e. The summed E-state index contributed by atoms with van der Waals surface area (Å²) in [6, 6.07) is 11.2. The van der Waals surface area contributed by atoms with E-state index in [0.717, 1.165) is 21.2 Å². The van der Waals surface area contributed by atoms with Gasteiger partial charge in [0.2, 0.25) is 5.91 Å². The molecule has 2 aromatic heterocycles. The van der Waals surface area contributed by atoms with Crippen molar-refractivity contribution < 1.29 is 22.8 Å². The fraction of sp³-hybridized carbons (Fsp3) is 0.250. The van der Waals surface area contributed by atoms with Gasteiger partial charge in [-0.25, -0.2) is 4.68 Å². The number of alkyl halides is 3. The third kappa shape index (κ3) is 5.54. The normalized spacial score (nSPS) is 11.4. The molecule has 3 aromatic rings. The molecular weight excluding hydrogens is 403 g/mol. The van der Waals surface area contributed by atoms with E-state index in [-0.39, 0.29) is 31.1 Å². The smallest absolute Gasteiger partial charge is 0.352 e. The van der Waals surface area contributed by atoms with Gasteiger partial charge in [0.25, 0.3) is 0 Å². The molecule has 1 amide bonds. The molecule has 1 N–H and O–H groups in total. The molecule has 1 aromatic carbocycles. The molecule has 9 heteroatoms. The lowest BCUT2D eigenvalue weighted by molar-refractivity contribution is -0.141. The minimum absolute atomic E-state index is 0.0555. The number of benzene rings is 1. The number of hydrogen-bond acceptors (Lipinski definition) is 4. The summed E-state index contributed by atoms with van der Waals surface area (Å²) in [4.78, 5) is 25.7. The lowest BCUT2D eigenvalue weighted by atomic mass is 10.1. The van der Waals surface area contributed by atoms with E-state index >= 15 is 0 Å². The zero-order valence-corrected chi connectivity index (χ0v) is 16.3. The van der Waals surface area contributed by atoms with Crippen molar-refractivity contribution in [2.45, 2.75) is 32.5 Å². The van der Waals surface area contributed by atoms with Crippen molar-refractivity contribution in [3.8, 4) is 5.69 Å². The Morgan fingerprint density at radius 2 is 1.79 bits per heavy atom. The second-order valence-electron chi connectivity index (χ2n) is 6.42. The van der Waals surface area contributed by atoms with Crippen molar-refractivity contribution in [2.24, 2.45) is 0 Å². The van der Waals surface area contributed by atoms with Crippen LogP contribution in [0.25, 0.3) is 5.69 Å². The van der Waals surface area contributed by atoms with Gasteiger partial charge in [-0.1, -0.05) is 12.1 Å². The fourth-order valence-corrected chi connectivity index (χ4v) is 3.44. The van der Waals surface area contributed by atoms with Crippen LogP contribution in [0.1, 0.15) is 38.6 Å². The molecule has 0 aliphatic rings. The van der Waals surface area contributed by atoms with Gasteiger partial charge in [-0.05, 0) is 42.8 Å². The molecule has 152 valence electrons. The summed E-state index contributed by atoms with van der Waals surface area (Å²) in [6.45, 7) is 2.18. The number of Topliss-reactive ketones (excluding diaryl/α,β-unsaturated/α-hetero) is 1. The van der Waals surface area contributed by atoms with Crippen LogP contribution >= 0.6 is 11.3 Å². The van der Waals surface area contributed by atoms with Crippen LogP contribution in [-0.2, 0) is 17.5 Å². The van der Waals surface area contributed by atoms with Crippen LogP contribution in [0.2, 0.25) is 0 Å². The molecule has 5 nitrogen and oxygen atoms in total. The molecule has 2 heterocycles. The second kappa shape index (κ2) is 8.60. The molecule has 0 radical (unpaired) electrons. The van der Waals surface area contributed by atoms with Gasteiger partial charge < -0.3 is 5.32 Å². The lowest BCUT2D eigenvalue weighted by Gasteiger charge is -2.07. The number of halogens is 3. The highest BCUT2D eigenvalue weighted by Crippen LogP contribution is 2.27. The Morgan fingerprint density at radius 1 is 1.07 bits per heavy atom. The fourth-order valence-electron chi connectivity index (χ4n) is 2.61. The molecule has 0 saturated heterocycles. The number of carbonyl (C=O) groups is 2. The average Bonchev–Trinajstić information content (AvgIpc) is 3.34. The molecule has 3 rings (SSSR count). The predicted molar refractivity (Wildman–Crippen MR) is 103 cm³/mol. The van der Waals surface area contributed by atoms with Crippen molar-refractivity contribution in [1.82, 2.24) is 15.1 Å². The third-order valence-electron chi connectivity index (χ3n) is 4.16. The Balaban J connectivity index is 1.49. The van der Waals surface area contributed by atoms with E-state index < -0.39 is 11.9 Å². The average molecular weight is 421 g/mol. The molecule has 0 unspecified atom stereocenters. The SMILES string of the molecule is Cc1ccc(C(=O)CCC(=O)NCc2ccc(-n3ccc(C(F)(F)F)n3)cc2)s1. The van der Waals surface area contributed by atoms with E-state index in [4.69, 9.17) is 0 Å². The minimum atomic E-state index is -4.49. The van der Waals surface area contributed by atoms with E-state index in [9.17, 15) is 22.8 Å². The van der Waals surface area contributed by atoms with Crippen molar-refractivity contribution in [1.29, 1.82) is 0 Å². The number of aromatic nitrogens is 2. The summed E-state index contributed by atoms with van der Waals surface area (Å²) in [5.74, 6) is -0.294. The quantitative estimate of drug-likeness (QED) is 0.570. The van der Waals surface area contributed by atoms with Gasteiger partial charge in [0.1, 0.15) is 0 Å². The highest BCUT2D eigenvalue weighted by molar-refractivity contribution is 7.14. The highest BCUT2D eigenvalue weighted by Gasteiger charge is 2.33. The number of ketones is 1. The van der Waals surface area contributed by atoms with E-state index in [1.54, 1.807) is 30.3 Å². The molecule has 0 atom stereocenters. The molecule has 29 heavy (non-hydrogen) atoms. The van der Waals surface area contributed by atoms with Crippen LogP contribution in [0.3, 0.4) is 0 Å². The first-order chi connectivity index (χ1) is 13.7. The summed E-state index contributed by atoms with van der Waals surface area (Å²) < 4.78 is 39.0. The van der Waals surface area contributed by atoms with Crippen LogP contribution in [0.4, 0.5) is 13.2 Å². The van der Waals surface area contributed by atoms with Gasteiger partial charge in [-0.2, -0.15) is 18.3 Å². The molecule has 0 fully saturated rings. The molecule has 0 aliphatic heterocycles. The molecular formula is C20H18F3N3O2S. The maximum Gasteiger partial charge on any atom is 0.435 e. The predicted octanol–water partition coefficient (Wildman–Crippen LogP) is 4.54. The summed E-state index contributed by atoms with van der Waals surface area (Å²) >= 11 is 1.41. The van der Waals surface area contributed by atoms with Gasteiger partial charge in [0.05, 0.1) is 10.6 Å². The van der Waals surface area contributed by atoms with Crippen LogP contribution in [0.15, 0.2) is 48.7 Å². The molecule has 0 aliphatic carbocycles. The Hall–Kier alpha value is -2.94. The Morgan fingerprint density at radius 3 is 2.38 bits per heavy atom. The maximum atomic E-state index is 12.6. The highest BCUT2D eigenvalue weighted by atomic mass is 32.1. The van der Waals surface area contributed by atoms with Crippen LogP contribution in [0.5, 0.6) is 0 Å². The number of aryl methyl sites for hydroxylation is 1. The molecule has 0 saturated carbocycles. The van der Waals surface area contributed by atoms with Gasteiger partial charge in [0.15, 0.2) is 11.5 Å².